The zero-order valence-electron chi connectivity index (χ0n) is 9.00. The van der Waals surface area contributed by atoms with Crippen LogP contribution in [0.5, 0.6) is 0 Å². The smallest absolute Gasteiger partial charge is 0.292 e. The van der Waals surface area contributed by atoms with Gasteiger partial charge in [-0.25, -0.2) is 4.39 Å². The molecular formula is C12H11ClFNO. The van der Waals surface area contributed by atoms with E-state index in [9.17, 15) is 4.39 Å². The third-order valence-electron chi connectivity index (χ3n) is 2.27. The second kappa shape index (κ2) is 4.26. The van der Waals surface area contributed by atoms with Gasteiger partial charge < -0.3 is 4.42 Å². The van der Waals surface area contributed by atoms with Crippen molar-refractivity contribution in [2.24, 2.45) is 0 Å². The van der Waals surface area contributed by atoms with E-state index in [4.69, 9.17) is 16.0 Å². The molecule has 0 aliphatic carbocycles. The Morgan fingerprint density at radius 2 is 1.88 bits per heavy atom. The fourth-order valence-electron chi connectivity index (χ4n) is 1.51. The molecule has 2 nitrogen and oxygen atoms in total. The SMILES string of the molecule is CC(C)c1oc(Cl)nc1-c1ccc(F)cc1. The summed E-state index contributed by atoms with van der Waals surface area (Å²) in [7, 11) is 0. The molecule has 0 saturated carbocycles. The van der Waals surface area contributed by atoms with E-state index in [1.807, 2.05) is 13.8 Å². The quantitative estimate of drug-likeness (QED) is 0.783. The van der Waals surface area contributed by atoms with E-state index in [0.29, 0.717) is 5.69 Å². The summed E-state index contributed by atoms with van der Waals surface area (Å²) < 4.78 is 18.1. The van der Waals surface area contributed by atoms with Crippen LogP contribution in [0.4, 0.5) is 4.39 Å². The highest BCUT2D eigenvalue weighted by Crippen LogP contribution is 2.31. The highest BCUT2D eigenvalue weighted by atomic mass is 35.5. The molecule has 4 heteroatoms. The van der Waals surface area contributed by atoms with Gasteiger partial charge >= 0.3 is 0 Å². The number of oxazole rings is 1. The first kappa shape index (κ1) is 11.1. The number of halogens is 2. The largest absolute Gasteiger partial charge is 0.432 e. The molecule has 2 rings (SSSR count). The number of aromatic nitrogens is 1. The Kier molecular flexibility index (Phi) is 2.97. The summed E-state index contributed by atoms with van der Waals surface area (Å²) in [4.78, 5) is 4.11. The molecule has 84 valence electrons. The molecule has 0 aliphatic heterocycles. The Bertz CT molecular complexity index is 490. The minimum absolute atomic E-state index is 0.114. The van der Waals surface area contributed by atoms with E-state index in [-0.39, 0.29) is 17.1 Å². The predicted molar refractivity (Wildman–Crippen MR) is 61.0 cm³/mol. The monoisotopic (exact) mass is 239 g/mol. The standard InChI is InChI=1S/C12H11ClFNO/c1-7(2)11-10(15-12(13)16-11)8-3-5-9(14)6-4-8/h3-7H,1-2H3. The number of hydrogen-bond donors (Lipinski definition) is 0. The average molecular weight is 240 g/mol. The lowest BCUT2D eigenvalue weighted by Crippen LogP contribution is -1.89. The Balaban J connectivity index is 2.50. The van der Waals surface area contributed by atoms with Crippen LogP contribution in [-0.2, 0) is 0 Å². The van der Waals surface area contributed by atoms with Gasteiger partial charge in [-0.05, 0) is 35.9 Å². The second-order valence-corrected chi connectivity index (χ2v) is 4.16. The normalized spacial score (nSPS) is 11.1. The van der Waals surface area contributed by atoms with Gasteiger partial charge in [0.15, 0.2) is 0 Å². The van der Waals surface area contributed by atoms with Gasteiger partial charge in [0.05, 0.1) is 0 Å². The highest BCUT2D eigenvalue weighted by molar-refractivity contribution is 6.27. The fourth-order valence-corrected chi connectivity index (χ4v) is 1.68. The maximum atomic E-state index is 12.8. The van der Waals surface area contributed by atoms with Crippen molar-refractivity contribution in [3.63, 3.8) is 0 Å². The Morgan fingerprint density at radius 3 is 2.44 bits per heavy atom. The minimum atomic E-state index is -0.274. The molecule has 0 atom stereocenters. The average Bonchev–Trinajstić information content (AvgIpc) is 2.61. The maximum Gasteiger partial charge on any atom is 0.292 e. The van der Waals surface area contributed by atoms with E-state index in [1.54, 1.807) is 12.1 Å². The lowest BCUT2D eigenvalue weighted by Gasteiger charge is -2.03. The highest BCUT2D eigenvalue weighted by Gasteiger charge is 2.16. The van der Waals surface area contributed by atoms with Crippen LogP contribution in [0.15, 0.2) is 28.7 Å². The molecule has 0 N–H and O–H groups in total. The number of nitrogens with zero attached hydrogens (tertiary/aromatic N) is 1. The molecule has 0 aliphatic rings. The first-order valence-electron chi connectivity index (χ1n) is 5.00. The van der Waals surface area contributed by atoms with Crippen molar-refractivity contribution in [3.05, 3.63) is 41.2 Å². The van der Waals surface area contributed by atoms with Gasteiger partial charge in [0.25, 0.3) is 5.35 Å². The van der Waals surface area contributed by atoms with Crippen LogP contribution in [0, 0.1) is 5.82 Å². The third kappa shape index (κ3) is 2.09. The summed E-state index contributed by atoms with van der Waals surface area (Å²) in [5.74, 6) is 0.626. The Hall–Kier alpha value is -1.35. The van der Waals surface area contributed by atoms with Gasteiger partial charge in [0.1, 0.15) is 17.3 Å². The molecule has 1 aromatic carbocycles. The van der Waals surface area contributed by atoms with Crippen LogP contribution >= 0.6 is 11.6 Å². The maximum absolute atomic E-state index is 12.8. The summed E-state index contributed by atoms with van der Waals surface area (Å²) in [5, 5.41) is 0.114. The van der Waals surface area contributed by atoms with Gasteiger partial charge in [-0.2, -0.15) is 4.98 Å². The van der Waals surface area contributed by atoms with Crippen LogP contribution < -0.4 is 0 Å². The molecule has 0 amide bonds. The predicted octanol–water partition coefficient (Wildman–Crippen LogP) is 4.26. The molecule has 16 heavy (non-hydrogen) atoms. The molecule has 0 bridgehead atoms. The van der Waals surface area contributed by atoms with Gasteiger partial charge in [0, 0.05) is 11.5 Å². The van der Waals surface area contributed by atoms with Gasteiger partial charge in [-0.1, -0.05) is 13.8 Å². The summed E-state index contributed by atoms with van der Waals surface area (Å²) in [5.41, 5.74) is 1.49. The van der Waals surface area contributed by atoms with Crippen LogP contribution in [-0.4, -0.2) is 4.98 Å². The summed E-state index contributed by atoms with van der Waals surface area (Å²) in [6.45, 7) is 3.98. The Morgan fingerprint density at radius 1 is 1.25 bits per heavy atom. The lowest BCUT2D eigenvalue weighted by atomic mass is 10.0. The first-order chi connectivity index (χ1) is 7.58. The number of rotatable bonds is 2. The van der Waals surface area contributed by atoms with Crippen LogP contribution in [0.25, 0.3) is 11.3 Å². The summed E-state index contributed by atoms with van der Waals surface area (Å²) in [6, 6.07) is 6.11. The van der Waals surface area contributed by atoms with Crippen LogP contribution in [0.1, 0.15) is 25.5 Å². The molecule has 0 unspecified atom stereocenters. The molecule has 1 aromatic heterocycles. The number of benzene rings is 1. The van der Waals surface area contributed by atoms with E-state index >= 15 is 0 Å². The summed E-state index contributed by atoms with van der Waals surface area (Å²) in [6.07, 6.45) is 0. The lowest BCUT2D eigenvalue weighted by molar-refractivity contribution is 0.485. The second-order valence-electron chi connectivity index (χ2n) is 3.84. The zero-order chi connectivity index (χ0) is 11.7. The van der Waals surface area contributed by atoms with Crippen molar-refractivity contribution in [3.8, 4) is 11.3 Å². The molecule has 0 radical (unpaired) electrons. The third-order valence-corrected chi connectivity index (χ3v) is 2.43. The molecule has 0 spiro atoms. The van der Waals surface area contributed by atoms with Crippen LogP contribution in [0.3, 0.4) is 0 Å². The molecule has 0 fully saturated rings. The number of hydrogen-bond acceptors (Lipinski definition) is 2. The Labute approximate surface area is 98.1 Å². The van der Waals surface area contributed by atoms with Crippen molar-refractivity contribution in [2.45, 2.75) is 19.8 Å². The van der Waals surface area contributed by atoms with E-state index in [1.165, 1.54) is 12.1 Å². The van der Waals surface area contributed by atoms with Crippen molar-refractivity contribution in [1.82, 2.24) is 4.98 Å². The topological polar surface area (TPSA) is 26.0 Å². The molecular weight excluding hydrogens is 229 g/mol. The van der Waals surface area contributed by atoms with Crippen molar-refractivity contribution in [2.75, 3.05) is 0 Å². The minimum Gasteiger partial charge on any atom is -0.432 e. The van der Waals surface area contributed by atoms with Crippen molar-refractivity contribution in [1.29, 1.82) is 0 Å². The molecule has 0 saturated heterocycles. The molecule has 1 heterocycles. The summed E-state index contributed by atoms with van der Waals surface area (Å²) >= 11 is 5.74. The van der Waals surface area contributed by atoms with E-state index < -0.39 is 0 Å². The zero-order valence-corrected chi connectivity index (χ0v) is 9.75. The van der Waals surface area contributed by atoms with Gasteiger partial charge in [-0.15, -0.1) is 0 Å². The van der Waals surface area contributed by atoms with Gasteiger partial charge in [0.2, 0.25) is 0 Å². The van der Waals surface area contributed by atoms with Crippen molar-refractivity contribution >= 4 is 11.6 Å². The van der Waals surface area contributed by atoms with E-state index in [0.717, 1.165) is 11.3 Å². The van der Waals surface area contributed by atoms with E-state index in [2.05, 4.69) is 4.98 Å². The first-order valence-corrected chi connectivity index (χ1v) is 5.38. The fraction of sp³-hybridized carbons (Fsp3) is 0.250. The van der Waals surface area contributed by atoms with Crippen molar-refractivity contribution < 1.29 is 8.81 Å². The van der Waals surface area contributed by atoms with Gasteiger partial charge in [-0.3, -0.25) is 0 Å². The molecule has 2 aromatic rings. The van der Waals surface area contributed by atoms with Crippen LogP contribution in [0.2, 0.25) is 5.35 Å².